The predicted molar refractivity (Wildman–Crippen MR) is 98.3 cm³/mol. The number of carboxylic acids is 1. The van der Waals surface area contributed by atoms with Crippen LogP contribution in [-0.4, -0.2) is 59.7 Å². The Morgan fingerprint density at radius 3 is 2.52 bits per heavy atom. The van der Waals surface area contributed by atoms with Crippen LogP contribution in [0.4, 0.5) is 0 Å². The van der Waals surface area contributed by atoms with Crippen molar-refractivity contribution in [2.45, 2.75) is 38.8 Å². The lowest BCUT2D eigenvalue weighted by Crippen LogP contribution is -2.49. The molecule has 1 aliphatic heterocycles. The Balaban J connectivity index is 1.77. The van der Waals surface area contributed by atoms with Gasteiger partial charge in [0, 0.05) is 43.3 Å². The Hall–Kier alpha value is -1.30. The van der Waals surface area contributed by atoms with Gasteiger partial charge >= 0.3 is 5.97 Å². The molecule has 1 unspecified atom stereocenters. The molecule has 2 fully saturated rings. The number of benzene rings is 1. The second kappa shape index (κ2) is 7.94. The van der Waals surface area contributed by atoms with Crippen LogP contribution >= 0.6 is 11.6 Å². The minimum atomic E-state index is -0.855. The van der Waals surface area contributed by atoms with Gasteiger partial charge in [-0.05, 0) is 50.8 Å². The summed E-state index contributed by atoms with van der Waals surface area (Å²) in [6, 6.07) is 4.52. The molecule has 1 N–H and O–H groups in total. The highest BCUT2D eigenvalue weighted by molar-refractivity contribution is 6.30. The van der Waals surface area contributed by atoms with Crippen LogP contribution in [0, 0.1) is 5.92 Å². The van der Waals surface area contributed by atoms with Crippen LogP contribution in [0.1, 0.15) is 38.3 Å². The molecule has 0 spiro atoms. The van der Waals surface area contributed by atoms with Gasteiger partial charge in [-0.1, -0.05) is 11.6 Å². The standard InChI is InChI=1S/C19H27ClN2O3/c1-13(2)25-17-6-5-15(20)11-16(17)18(19(23)24)22-9-7-21(8-10-22)12-14-3-4-14/h5-6,11,13-14,18H,3-4,7-10,12H2,1-2H3,(H,23,24). The molecular formula is C19H27ClN2O3. The van der Waals surface area contributed by atoms with Gasteiger partial charge in [-0.25, -0.2) is 0 Å². The molecule has 138 valence electrons. The van der Waals surface area contributed by atoms with E-state index in [0.29, 0.717) is 16.3 Å². The first-order chi connectivity index (χ1) is 11.9. The molecule has 6 heteroatoms. The van der Waals surface area contributed by atoms with Gasteiger partial charge in [0.25, 0.3) is 0 Å². The molecular weight excluding hydrogens is 340 g/mol. The van der Waals surface area contributed by atoms with Crippen molar-refractivity contribution in [1.82, 2.24) is 9.80 Å². The maximum absolute atomic E-state index is 12.1. The number of nitrogens with zero attached hydrogens (tertiary/aromatic N) is 2. The summed E-state index contributed by atoms with van der Waals surface area (Å²) in [6.07, 6.45) is 2.66. The van der Waals surface area contributed by atoms with Crippen molar-refractivity contribution in [3.8, 4) is 5.75 Å². The van der Waals surface area contributed by atoms with E-state index in [2.05, 4.69) is 4.90 Å². The summed E-state index contributed by atoms with van der Waals surface area (Å²) >= 11 is 6.15. The summed E-state index contributed by atoms with van der Waals surface area (Å²) in [5.41, 5.74) is 0.643. The number of carbonyl (C=O) groups is 1. The van der Waals surface area contributed by atoms with Crippen LogP contribution in [0.5, 0.6) is 5.75 Å². The lowest BCUT2D eigenvalue weighted by molar-refractivity contribution is -0.144. The number of aliphatic carboxylic acids is 1. The normalized spacial score (nSPS) is 20.6. The Labute approximate surface area is 154 Å². The molecule has 1 atom stereocenters. The van der Waals surface area contributed by atoms with E-state index in [9.17, 15) is 9.90 Å². The number of halogens is 1. The average Bonchev–Trinajstić information content (AvgIpc) is 3.35. The van der Waals surface area contributed by atoms with E-state index in [4.69, 9.17) is 16.3 Å². The average molecular weight is 367 g/mol. The van der Waals surface area contributed by atoms with Gasteiger partial charge in [-0.15, -0.1) is 0 Å². The van der Waals surface area contributed by atoms with Crippen molar-refractivity contribution in [1.29, 1.82) is 0 Å². The van der Waals surface area contributed by atoms with E-state index in [1.54, 1.807) is 18.2 Å². The molecule has 1 saturated carbocycles. The quantitative estimate of drug-likeness (QED) is 0.802. The van der Waals surface area contributed by atoms with Crippen molar-refractivity contribution in [3.05, 3.63) is 28.8 Å². The highest BCUT2D eigenvalue weighted by atomic mass is 35.5. The van der Waals surface area contributed by atoms with E-state index in [-0.39, 0.29) is 6.10 Å². The summed E-state index contributed by atoms with van der Waals surface area (Å²) < 4.78 is 5.85. The second-order valence-electron chi connectivity index (χ2n) is 7.37. The first kappa shape index (κ1) is 18.5. The van der Waals surface area contributed by atoms with Gasteiger partial charge in [0.15, 0.2) is 0 Å². The number of ether oxygens (including phenoxy) is 1. The number of hydrogen-bond acceptors (Lipinski definition) is 4. The molecule has 1 aromatic carbocycles. The molecule has 1 saturated heterocycles. The van der Waals surface area contributed by atoms with Gasteiger partial charge in [-0.2, -0.15) is 0 Å². The van der Waals surface area contributed by atoms with Gasteiger partial charge in [-0.3, -0.25) is 9.69 Å². The van der Waals surface area contributed by atoms with Crippen molar-refractivity contribution in [2.75, 3.05) is 32.7 Å². The van der Waals surface area contributed by atoms with Gasteiger partial charge in [0.1, 0.15) is 11.8 Å². The molecule has 0 bridgehead atoms. The lowest BCUT2D eigenvalue weighted by Gasteiger charge is -2.38. The van der Waals surface area contributed by atoms with Crippen molar-refractivity contribution >= 4 is 17.6 Å². The van der Waals surface area contributed by atoms with Gasteiger partial charge < -0.3 is 14.7 Å². The summed E-state index contributed by atoms with van der Waals surface area (Å²) in [5.74, 6) is 0.611. The van der Waals surface area contributed by atoms with E-state index in [0.717, 1.165) is 38.6 Å². The highest BCUT2D eigenvalue weighted by Crippen LogP contribution is 2.34. The van der Waals surface area contributed by atoms with Crippen molar-refractivity contribution in [3.63, 3.8) is 0 Å². The SMILES string of the molecule is CC(C)Oc1ccc(Cl)cc1C(C(=O)O)N1CCN(CC2CC2)CC1. The maximum atomic E-state index is 12.1. The number of rotatable bonds is 7. The Bertz CT molecular complexity index is 611. The predicted octanol–water partition coefficient (Wildman–Crippen LogP) is 3.28. The number of carboxylic acid groups (broad SMARTS) is 1. The molecule has 3 rings (SSSR count). The zero-order valence-corrected chi connectivity index (χ0v) is 15.7. The zero-order valence-electron chi connectivity index (χ0n) is 14.9. The van der Waals surface area contributed by atoms with Crippen LogP contribution in [0.25, 0.3) is 0 Å². The molecule has 0 radical (unpaired) electrons. The van der Waals surface area contributed by atoms with E-state index >= 15 is 0 Å². The highest BCUT2D eigenvalue weighted by Gasteiger charge is 2.34. The third kappa shape index (κ3) is 4.87. The monoisotopic (exact) mass is 366 g/mol. The van der Waals surface area contributed by atoms with Crippen LogP contribution in [-0.2, 0) is 4.79 Å². The fourth-order valence-electron chi connectivity index (χ4n) is 3.45. The molecule has 5 nitrogen and oxygen atoms in total. The minimum absolute atomic E-state index is 0.0234. The maximum Gasteiger partial charge on any atom is 0.325 e. The summed E-state index contributed by atoms with van der Waals surface area (Å²) in [5, 5.41) is 10.4. The van der Waals surface area contributed by atoms with E-state index in [1.807, 2.05) is 18.7 Å². The number of hydrogen-bond donors (Lipinski definition) is 1. The largest absolute Gasteiger partial charge is 0.491 e. The fraction of sp³-hybridized carbons (Fsp3) is 0.632. The molecule has 2 aliphatic rings. The van der Waals surface area contributed by atoms with E-state index < -0.39 is 12.0 Å². The Morgan fingerprint density at radius 2 is 1.96 bits per heavy atom. The topological polar surface area (TPSA) is 53.0 Å². The molecule has 1 aromatic rings. The third-order valence-corrected chi connectivity index (χ3v) is 5.08. The van der Waals surface area contributed by atoms with Crippen molar-refractivity contribution < 1.29 is 14.6 Å². The minimum Gasteiger partial charge on any atom is -0.491 e. The molecule has 0 amide bonds. The first-order valence-corrected chi connectivity index (χ1v) is 9.47. The zero-order chi connectivity index (χ0) is 18.0. The van der Waals surface area contributed by atoms with Crippen LogP contribution < -0.4 is 4.74 Å². The molecule has 1 aliphatic carbocycles. The van der Waals surface area contributed by atoms with Crippen LogP contribution in [0.15, 0.2) is 18.2 Å². The van der Waals surface area contributed by atoms with Gasteiger partial charge in [0.05, 0.1) is 6.10 Å². The Kier molecular flexibility index (Phi) is 5.87. The molecule has 0 aromatic heterocycles. The number of piperazine rings is 1. The summed E-state index contributed by atoms with van der Waals surface area (Å²) in [4.78, 5) is 16.6. The Morgan fingerprint density at radius 1 is 1.28 bits per heavy atom. The summed E-state index contributed by atoms with van der Waals surface area (Å²) in [7, 11) is 0. The van der Waals surface area contributed by atoms with Crippen molar-refractivity contribution in [2.24, 2.45) is 5.92 Å². The summed E-state index contributed by atoms with van der Waals surface area (Å²) in [6.45, 7) is 8.36. The first-order valence-electron chi connectivity index (χ1n) is 9.09. The second-order valence-corrected chi connectivity index (χ2v) is 7.81. The third-order valence-electron chi connectivity index (χ3n) is 4.85. The smallest absolute Gasteiger partial charge is 0.325 e. The van der Waals surface area contributed by atoms with Crippen LogP contribution in [0.2, 0.25) is 5.02 Å². The molecule has 1 heterocycles. The van der Waals surface area contributed by atoms with Crippen LogP contribution in [0.3, 0.4) is 0 Å². The lowest BCUT2D eigenvalue weighted by atomic mass is 10.0. The van der Waals surface area contributed by atoms with Gasteiger partial charge in [0.2, 0.25) is 0 Å². The molecule has 25 heavy (non-hydrogen) atoms. The van der Waals surface area contributed by atoms with E-state index in [1.165, 1.54) is 12.8 Å². The fourth-order valence-corrected chi connectivity index (χ4v) is 3.63.